The lowest BCUT2D eigenvalue weighted by atomic mass is 9.43. The number of piperidine rings is 1. The summed E-state index contributed by atoms with van der Waals surface area (Å²) in [5, 5.41) is 25.0. The zero-order valence-electron chi connectivity index (χ0n) is 25.4. The number of ether oxygens (including phenoxy) is 6. The van der Waals surface area contributed by atoms with E-state index in [1.807, 2.05) is 6.07 Å². The zero-order valence-corrected chi connectivity index (χ0v) is 25.4. The molecular formula is C32H45NO9. The molecule has 10 nitrogen and oxygen atoms in total. The van der Waals surface area contributed by atoms with Crippen molar-refractivity contribution in [3.8, 4) is 0 Å². The smallest absolute Gasteiger partial charge is 0.338 e. The Morgan fingerprint density at radius 3 is 2.38 bits per heavy atom. The number of rotatable bonds is 8. The molecule has 1 heterocycles. The average molecular weight is 588 g/mol. The van der Waals surface area contributed by atoms with Gasteiger partial charge in [-0.3, -0.25) is 0 Å². The molecule has 7 bridgehead atoms. The van der Waals surface area contributed by atoms with Crippen LogP contribution in [0.25, 0.3) is 0 Å². The van der Waals surface area contributed by atoms with Crippen molar-refractivity contribution >= 4 is 5.97 Å². The molecule has 1 aromatic rings. The number of methoxy groups -OCH3 is 5. The van der Waals surface area contributed by atoms with Gasteiger partial charge in [0, 0.05) is 76.7 Å². The second-order valence-corrected chi connectivity index (χ2v) is 13.8. The second-order valence-electron chi connectivity index (χ2n) is 13.8. The van der Waals surface area contributed by atoms with E-state index in [0.29, 0.717) is 12.2 Å². The van der Waals surface area contributed by atoms with Gasteiger partial charge < -0.3 is 43.5 Å². The molecule has 0 amide bonds. The molecule has 1 aliphatic heterocycles. The van der Waals surface area contributed by atoms with Crippen molar-refractivity contribution in [2.24, 2.45) is 34.5 Å². The third-order valence-corrected chi connectivity index (χ3v) is 12.8. The molecule has 42 heavy (non-hydrogen) atoms. The Balaban J connectivity index is 1.48. The fraction of sp³-hybridized carbons (Fsp3) is 0.781. The molecule has 232 valence electrons. The summed E-state index contributed by atoms with van der Waals surface area (Å²) in [7, 11) is 10.6. The van der Waals surface area contributed by atoms with E-state index in [-0.39, 0.29) is 47.8 Å². The van der Waals surface area contributed by atoms with Gasteiger partial charge in [0.15, 0.2) is 0 Å². The number of benzene rings is 1. The highest BCUT2D eigenvalue weighted by Gasteiger charge is 2.90. The van der Waals surface area contributed by atoms with E-state index in [4.69, 9.17) is 28.4 Å². The lowest BCUT2D eigenvalue weighted by Gasteiger charge is -2.69. The number of likely N-dealkylation sites (tertiary alicyclic amines) is 1. The number of carbonyl (C=O) groups excluding carboxylic acids is 1. The Labute approximate surface area is 247 Å². The summed E-state index contributed by atoms with van der Waals surface area (Å²) in [6, 6.07) is 8.75. The maximum Gasteiger partial charge on any atom is 0.338 e. The summed E-state index contributed by atoms with van der Waals surface area (Å²) in [6.07, 6.45) is -1.59. The molecule has 1 unspecified atom stereocenters. The summed E-state index contributed by atoms with van der Waals surface area (Å²) < 4.78 is 37.8. The number of carbonyl (C=O) groups is 1. The van der Waals surface area contributed by atoms with E-state index >= 15 is 0 Å². The highest BCUT2D eigenvalue weighted by Crippen LogP contribution is 2.80. The predicted octanol–water partition coefficient (Wildman–Crippen LogP) is 1.37. The molecule has 5 aliphatic carbocycles. The topological polar surface area (TPSA) is 116 Å². The minimum absolute atomic E-state index is 0.0171. The first-order valence-corrected chi connectivity index (χ1v) is 15.2. The first-order chi connectivity index (χ1) is 20.2. The Bertz CT molecular complexity index is 1220. The van der Waals surface area contributed by atoms with Crippen LogP contribution in [0, 0.1) is 34.5 Å². The van der Waals surface area contributed by atoms with Crippen LogP contribution in [-0.2, 0) is 28.4 Å². The van der Waals surface area contributed by atoms with Gasteiger partial charge in [-0.1, -0.05) is 18.2 Å². The van der Waals surface area contributed by atoms with Crippen molar-refractivity contribution in [2.45, 2.75) is 67.0 Å². The van der Waals surface area contributed by atoms with Crippen molar-refractivity contribution in [3.05, 3.63) is 35.9 Å². The van der Waals surface area contributed by atoms with Gasteiger partial charge in [0.2, 0.25) is 0 Å². The van der Waals surface area contributed by atoms with Crippen molar-refractivity contribution in [1.29, 1.82) is 0 Å². The molecule has 0 radical (unpaired) electrons. The zero-order chi connectivity index (χ0) is 29.8. The van der Waals surface area contributed by atoms with Crippen molar-refractivity contribution in [2.75, 3.05) is 55.7 Å². The lowest BCUT2D eigenvalue weighted by Crippen LogP contribution is -2.80. The van der Waals surface area contributed by atoms with Gasteiger partial charge in [-0.15, -0.1) is 0 Å². The van der Waals surface area contributed by atoms with Crippen LogP contribution in [0.1, 0.15) is 29.6 Å². The lowest BCUT2D eigenvalue weighted by molar-refractivity contribution is -0.320. The summed E-state index contributed by atoms with van der Waals surface area (Å²) in [4.78, 5) is 16.0. The number of aliphatic hydroxyl groups is 2. The third-order valence-electron chi connectivity index (χ3n) is 12.8. The molecule has 14 atom stereocenters. The van der Waals surface area contributed by atoms with Crippen LogP contribution in [-0.4, -0.2) is 125 Å². The molecular weight excluding hydrogens is 542 g/mol. The molecule has 10 heteroatoms. The standard InChI is InChI=1S/C32H45NO9/c1-33-15-29(16-37-2)13-12-19(38-3)31-18-14-30(36)26(42-28(35)17-10-8-7-9-11-17)20(18)32(41-6,25(34)27(30)40-5)21(24(31)33)22(39-4)23(29)31/h7-11,18-27,34,36H,12-16H2,1-6H3/t18-,19+,20-,21+,22+,23-,24?,25+,26-,27+,29+,30-,31+,32-/m1/s1. The largest absolute Gasteiger partial charge is 0.455 e. The second kappa shape index (κ2) is 9.68. The fourth-order valence-electron chi connectivity index (χ4n) is 12.2. The summed E-state index contributed by atoms with van der Waals surface area (Å²) in [5.74, 6) is -1.56. The number of aliphatic hydroxyl groups excluding tert-OH is 1. The van der Waals surface area contributed by atoms with Gasteiger partial charge >= 0.3 is 5.97 Å². The molecule has 0 aromatic heterocycles. The molecule has 2 N–H and O–H groups in total. The Morgan fingerprint density at radius 2 is 1.76 bits per heavy atom. The molecule has 5 saturated carbocycles. The molecule has 1 spiro atoms. The Morgan fingerprint density at radius 1 is 1.02 bits per heavy atom. The van der Waals surface area contributed by atoms with Crippen LogP contribution in [0.4, 0.5) is 0 Å². The fourth-order valence-corrected chi connectivity index (χ4v) is 12.2. The number of hydrogen-bond donors (Lipinski definition) is 2. The average Bonchev–Trinajstić information content (AvgIpc) is 3.37. The van der Waals surface area contributed by atoms with Crippen LogP contribution < -0.4 is 0 Å². The highest BCUT2D eigenvalue weighted by atomic mass is 16.6. The molecule has 1 aromatic carbocycles. The van der Waals surface area contributed by atoms with Crippen molar-refractivity contribution in [1.82, 2.24) is 4.90 Å². The molecule has 6 fully saturated rings. The molecule has 7 rings (SSSR count). The minimum atomic E-state index is -1.63. The van der Waals surface area contributed by atoms with Gasteiger partial charge in [0.1, 0.15) is 29.5 Å². The number of fused-ring (bicyclic) bond motifs is 2. The van der Waals surface area contributed by atoms with Gasteiger partial charge in [-0.05, 0) is 44.4 Å². The van der Waals surface area contributed by atoms with Crippen LogP contribution >= 0.6 is 0 Å². The third kappa shape index (κ3) is 3.10. The predicted molar refractivity (Wildman–Crippen MR) is 150 cm³/mol. The van der Waals surface area contributed by atoms with Crippen LogP contribution in [0.2, 0.25) is 0 Å². The summed E-state index contributed by atoms with van der Waals surface area (Å²) in [5.41, 5.74) is -3.15. The van der Waals surface area contributed by atoms with E-state index in [0.717, 1.165) is 19.4 Å². The number of nitrogens with zero attached hydrogens (tertiary/aromatic N) is 1. The van der Waals surface area contributed by atoms with Crippen LogP contribution in [0.3, 0.4) is 0 Å². The van der Waals surface area contributed by atoms with E-state index < -0.39 is 46.8 Å². The van der Waals surface area contributed by atoms with E-state index in [1.54, 1.807) is 52.7 Å². The van der Waals surface area contributed by atoms with E-state index in [2.05, 4.69) is 11.9 Å². The number of hydrogen-bond acceptors (Lipinski definition) is 10. The summed E-state index contributed by atoms with van der Waals surface area (Å²) in [6.45, 7) is 1.39. The van der Waals surface area contributed by atoms with Crippen molar-refractivity contribution in [3.63, 3.8) is 0 Å². The first kappa shape index (κ1) is 29.1. The Hall–Kier alpha value is -1.63. The summed E-state index contributed by atoms with van der Waals surface area (Å²) >= 11 is 0. The SMILES string of the molecule is COC[C@@]12CC[C@H](OC)[C@]34C([C@H]([C@H](OC)[C@H]13)[C@]1(OC)[C@H]3[C@@H](OC(=O)c5ccccc5)[C@](O)(C[C@H]34)[C@@H](OC)[C@@H]1O)N(C)C2. The van der Waals surface area contributed by atoms with Gasteiger partial charge in [0.25, 0.3) is 0 Å². The van der Waals surface area contributed by atoms with E-state index in [9.17, 15) is 15.0 Å². The maximum absolute atomic E-state index is 13.6. The van der Waals surface area contributed by atoms with Crippen LogP contribution in [0.5, 0.6) is 0 Å². The normalized spacial score (nSPS) is 51.9. The molecule has 6 aliphatic rings. The van der Waals surface area contributed by atoms with Crippen LogP contribution in [0.15, 0.2) is 30.3 Å². The first-order valence-electron chi connectivity index (χ1n) is 15.2. The minimum Gasteiger partial charge on any atom is -0.455 e. The van der Waals surface area contributed by atoms with Gasteiger partial charge in [0.05, 0.1) is 24.4 Å². The highest BCUT2D eigenvalue weighted by molar-refractivity contribution is 5.89. The molecule has 1 saturated heterocycles. The monoisotopic (exact) mass is 587 g/mol. The van der Waals surface area contributed by atoms with E-state index in [1.165, 1.54) is 7.11 Å². The number of esters is 1. The maximum atomic E-state index is 13.6. The van der Waals surface area contributed by atoms with Crippen molar-refractivity contribution < 1.29 is 43.4 Å². The Kier molecular flexibility index (Phi) is 6.71. The van der Waals surface area contributed by atoms with Gasteiger partial charge in [-0.25, -0.2) is 4.79 Å². The van der Waals surface area contributed by atoms with Gasteiger partial charge in [-0.2, -0.15) is 0 Å². The quantitative estimate of drug-likeness (QED) is 0.432.